The summed E-state index contributed by atoms with van der Waals surface area (Å²) in [6.45, 7) is 7.22. The van der Waals surface area contributed by atoms with Crippen molar-refractivity contribution in [1.29, 1.82) is 0 Å². The molecule has 0 radical (unpaired) electrons. The van der Waals surface area contributed by atoms with Gasteiger partial charge in [-0.25, -0.2) is 15.1 Å². The molecule has 8 nitrogen and oxygen atoms in total. The van der Waals surface area contributed by atoms with Crippen LogP contribution in [0.1, 0.15) is 36.0 Å². The third-order valence-corrected chi connectivity index (χ3v) is 8.37. The lowest BCUT2D eigenvalue weighted by atomic mass is 9.98. The molecule has 3 aromatic carbocycles. The van der Waals surface area contributed by atoms with Crippen LogP contribution in [-0.2, 0) is 13.0 Å². The summed E-state index contributed by atoms with van der Waals surface area (Å²) >= 11 is 1.68. The predicted molar refractivity (Wildman–Crippen MR) is 159 cm³/mol. The molecule has 9 heteroatoms. The Morgan fingerprint density at radius 1 is 0.925 bits per heavy atom. The van der Waals surface area contributed by atoms with Crippen molar-refractivity contribution in [2.45, 2.75) is 40.2 Å². The van der Waals surface area contributed by atoms with Crippen LogP contribution in [0.15, 0.2) is 72.2 Å². The molecule has 4 aromatic heterocycles. The van der Waals surface area contributed by atoms with Crippen LogP contribution in [0.4, 0.5) is 0 Å². The van der Waals surface area contributed by atoms with Crippen molar-refractivity contribution in [2.75, 3.05) is 0 Å². The number of hydrogen-bond acceptors (Lipinski definition) is 6. The molecule has 198 valence electrons. The second-order valence-corrected chi connectivity index (χ2v) is 11.0. The van der Waals surface area contributed by atoms with E-state index in [1.165, 1.54) is 16.8 Å². The topological polar surface area (TPSA) is 89.6 Å². The molecule has 0 aliphatic rings. The number of tetrazole rings is 1. The molecule has 7 aromatic rings. The summed E-state index contributed by atoms with van der Waals surface area (Å²) < 4.78 is 4.54. The molecule has 0 amide bonds. The Bertz CT molecular complexity index is 1960. The number of fused-ring (bicyclic) bond motifs is 2. The van der Waals surface area contributed by atoms with Crippen molar-refractivity contribution in [3.05, 3.63) is 94.9 Å². The lowest BCUT2D eigenvalue weighted by Crippen LogP contribution is -2.05. The molecule has 7 rings (SSSR count). The number of nitrogens with one attached hydrogen (secondary N) is 1. The third kappa shape index (κ3) is 4.19. The van der Waals surface area contributed by atoms with Gasteiger partial charge in [-0.1, -0.05) is 55.5 Å². The second-order valence-electron chi connectivity index (χ2n) is 10.2. The average Bonchev–Trinajstić information content (AvgIpc) is 3.77. The normalized spacial score (nSPS) is 11.7. The van der Waals surface area contributed by atoms with Crippen molar-refractivity contribution < 1.29 is 0 Å². The largest absolute Gasteiger partial charge is 0.323 e. The fraction of sp³-hybridized carbons (Fsp3) is 0.194. The van der Waals surface area contributed by atoms with E-state index in [1.54, 1.807) is 11.3 Å². The lowest BCUT2D eigenvalue weighted by molar-refractivity contribution is 0.722. The van der Waals surface area contributed by atoms with Gasteiger partial charge in [-0.2, -0.15) is 0 Å². The van der Waals surface area contributed by atoms with Crippen molar-refractivity contribution in [3.8, 4) is 33.8 Å². The molecule has 0 saturated carbocycles. The summed E-state index contributed by atoms with van der Waals surface area (Å²) in [7, 11) is 0. The smallest absolute Gasteiger partial charge is 0.194 e. The van der Waals surface area contributed by atoms with Gasteiger partial charge in [0.15, 0.2) is 10.8 Å². The Balaban J connectivity index is 1.27. The zero-order chi connectivity index (χ0) is 27.2. The van der Waals surface area contributed by atoms with Gasteiger partial charge in [-0.05, 0) is 65.1 Å². The average molecular weight is 545 g/mol. The molecule has 0 aliphatic carbocycles. The van der Waals surface area contributed by atoms with Crippen LogP contribution < -0.4 is 0 Å². The number of nitrogens with zero attached hydrogens (tertiary/aromatic N) is 7. The van der Waals surface area contributed by atoms with Crippen LogP contribution in [0, 0.1) is 13.8 Å². The fourth-order valence-electron chi connectivity index (χ4n) is 5.40. The molecule has 0 fully saturated rings. The number of rotatable bonds is 7. The van der Waals surface area contributed by atoms with E-state index in [1.807, 2.05) is 18.2 Å². The molecule has 1 N–H and O–H groups in total. The number of H-pyrrole nitrogens is 1. The minimum atomic E-state index is 0.660. The number of aromatic amines is 1. The highest BCUT2D eigenvalue weighted by Gasteiger charge is 2.17. The molecular weight excluding hydrogens is 516 g/mol. The van der Waals surface area contributed by atoms with E-state index in [9.17, 15) is 0 Å². The van der Waals surface area contributed by atoms with Gasteiger partial charge in [-0.15, -0.1) is 16.4 Å². The van der Waals surface area contributed by atoms with E-state index >= 15 is 0 Å². The highest BCUT2D eigenvalue weighted by molar-refractivity contribution is 7.15. The summed E-state index contributed by atoms with van der Waals surface area (Å²) in [5.74, 6) is 1.78. The maximum absolute atomic E-state index is 5.10. The first-order valence-corrected chi connectivity index (χ1v) is 14.3. The van der Waals surface area contributed by atoms with Gasteiger partial charge in [0, 0.05) is 41.4 Å². The van der Waals surface area contributed by atoms with E-state index in [4.69, 9.17) is 9.97 Å². The van der Waals surface area contributed by atoms with Gasteiger partial charge < -0.3 is 4.57 Å². The third-order valence-electron chi connectivity index (χ3n) is 7.41. The number of imidazole rings is 2. The summed E-state index contributed by atoms with van der Waals surface area (Å²) in [5, 5.41) is 16.6. The number of benzene rings is 3. The molecule has 0 bridgehead atoms. The molecule has 0 atom stereocenters. The predicted octanol–water partition coefficient (Wildman–Crippen LogP) is 6.88. The molecular formula is C31H28N8S. The van der Waals surface area contributed by atoms with E-state index < -0.39 is 0 Å². The minimum Gasteiger partial charge on any atom is -0.323 e. The first-order chi connectivity index (χ1) is 19.6. The fourth-order valence-corrected chi connectivity index (χ4v) is 6.25. The van der Waals surface area contributed by atoms with Gasteiger partial charge >= 0.3 is 0 Å². The van der Waals surface area contributed by atoms with Crippen molar-refractivity contribution in [2.24, 2.45) is 0 Å². The zero-order valence-electron chi connectivity index (χ0n) is 22.6. The quantitative estimate of drug-likeness (QED) is 0.236. The first-order valence-electron chi connectivity index (χ1n) is 13.4. The Kier molecular flexibility index (Phi) is 6.00. The maximum atomic E-state index is 5.10. The maximum Gasteiger partial charge on any atom is 0.194 e. The molecule has 40 heavy (non-hydrogen) atoms. The van der Waals surface area contributed by atoms with Crippen LogP contribution in [0.2, 0.25) is 0 Å². The van der Waals surface area contributed by atoms with Gasteiger partial charge in [0.25, 0.3) is 0 Å². The molecule has 0 aliphatic heterocycles. The van der Waals surface area contributed by atoms with E-state index in [0.29, 0.717) is 5.82 Å². The van der Waals surface area contributed by atoms with Gasteiger partial charge in [-0.3, -0.25) is 4.40 Å². The number of aromatic nitrogens is 8. The van der Waals surface area contributed by atoms with Gasteiger partial charge in [0.2, 0.25) is 0 Å². The molecule has 4 heterocycles. The van der Waals surface area contributed by atoms with Gasteiger partial charge in [0.1, 0.15) is 5.82 Å². The standard InChI is InChI=1S/C31H28N8S/c1-4-7-28-33-29-19(2)14-23(26-17-38-20(3)18-40-31(38)32-26)15-27(29)39(28)16-21-10-12-22(13-11-21)24-8-5-6-9-25(24)30-34-36-37-35-30/h5-6,8-15,17-18H,4,7,16H2,1-3H3,(H,34,35,36,37). The molecule has 0 saturated heterocycles. The summed E-state index contributed by atoms with van der Waals surface area (Å²) in [4.78, 5) is 11.0. The molecule has 0 unspecified atom stereocenters. The SMILES string of the molecule is CCCc1nc2c(C)cc(-c3cn4c(C)csc4n3)cc2n1Cc1ccc(-c2ccccc2-c2nnn[nH]2)cc1. The van der Waals surface area contributed by atoms with E-state index in [-0.39, 0.29) is 0 Å². The Morgan fingerprint density at radius 3 is 2.50 bits per heavy atom. The first kappa shape index (κ1) is 24.4. The number of aryl methyl sites for hydroxylation is 3. The summed E-state index contributed by atoms with van der Waals surface area (Å²) in [5.41, 5.74) is 11.1. The van der Waals surface area contributed by atoms with Gasteiger partial charge in [0.05, 0.1) is 16.7 Å². The summed E-state index contributed by atoms with van der Waals surface area (Å²) in [6.07, 6.45) is 4.11. The van der Waals surface area contributed by atoms with Crippen LogP contribution in [-0.4, -0.2) is 39.6 Å². The van der Waals surface area contributed by atoms with Crippen LogP contribution in [0.25, 0.3) is 49.8 Å². The van der Waals surface area contributed by atoms with E-state index in [0.717, 1.165) is 69.2 Å². The lowest BCUT2D eigenvalue weighted by Gasteiger charge is -2.12. The monoisotopic (exact) mass is 544 g/mol. The molecule has 0 spiro atoms. The van der Waals surface area contributed by atoms with Crippen LogP contribution in [0.3, 0.4) is 0 Å². The van der Waals surface area contributed by atoms with Crippen LogP contribution >= 0.6 is 11.3 Å². The Labute approximate surface area is 235 Å². The Hall–Kier alpha value is -4.63. The van der Waals surface area contributed by atoms with E-state index in [2.05, 4.69) is 104 Å². The highest BCUT2D eigenvalue weighted by atomic mass is 32.1. The van der Waals surface area contributed by atoms with Crippen molar-refractivity contribution in [3.63, 3.8) is 0 Å². The van der Waals surface area contributed by atoms with Crippen molar-refractivity contribution >= 4 is 27.3 Å². The minimum absolute atomic E-state index is 0.660. The summed E-state index contributed by atoms with van der Waals surface area (Å²) in [6, 6.07) is 21.4. The number of thiazole rings is 1. The van der Waals surface area contributed by atoms with Crippen molar-refractivity contribution in [1.82, 2.24) is 39.6 Å². The zero-order valence-corrected chi connectivity index (χ0v) is 23.4. The Morgan fingerprint density at radius 2 is 1.75 bits per heavy atom. The van der Waals surface area contributed by atoms with Crippen LogP contribution in [0.5, 0.6) is 0 Å². The second kappa shape index (κ2) is 9.84. The highest BCUT2D eigenvalue weighted by Crippen LogP contribution is 2.32. The number of hydrogen-bond donors (Lipinski definition) is 1.